The van der Waals surface area contributed by atoms with Crippen LogP contribution in [-0.4, -0.2) is 34.5 Å². The summed E-state index contributed by atoms with van der Waals surface area (Å²) in [5, 5.41) is 9.44. The van der Waals surface area contributed by atoms with Gasteiger partial charge in [-0.1, -0.05) is 12.1 Å². The third-order valence-electron chi connectivity index (χ3n) is 3.85. The van der Waals surface area contributed by atoms with Crippen LogP contribution in [0.1, 0.15) is 31.7 Å². The van der Waals surface area contributed by atoms with Gasteiger partial charge >= 0.3 is 0 Å². The van der Waals surface area contributed by atoms with E-state index < -0.39 is 0 Å². The maximum absolute atomic E-state index is 12.4. The monoisotopic (exact) mass is 262 g/mol. The van der Waals surface area contributed by atoms with Crippen LogP contribution in [0.15, 0.2) is 24.3 Å². The van der Waals surface area contributed by atoms with Gasteiger partial charge in [-0.15, -0.1) is 0 Å². The topological polar surface area (TPSA) is 66.6 Å². The number of piperidine rings is 1. The van der Waals surface area contributed by atoms with Crippen molar-refractivity contribution < 1.29 is 9.90 Å². The quantitative estimate of drug-likeness (QED) is 0.870. The van der Waals surface area contributed by atoms with Crippen LogP contribution in [0.2, 0.25) is 0 Å². The Kier molecular flexibility index (Phi) is 4.43. The van der Waals surface area contributed by atoms with Crippen molar-refractivity contribution >= 4 is 5.91 Å². The SMILES string of the molecule is CC1CCCC(CN)N1C(=O)Cc1cccc(O)c1. The third-order valence-corrected chi connectivity index (χ3v) is 3.85. The minimum absolute atomic E-state index is 0.105. The number of rotatable bonds is 3. The van der Waals surface area contributed by atoms with E-state index in [2.05, 4.69) is 6.92 Å². The summed E-state index contributed by atoms with van der Waals surface area (Å²) in [4.78, 5) is 14.4. The van der Waals surface area contributed by atoms with E-state index >= 15 is 0 Å². The van der Waals surface area contributed by atoms with Crippen LogP contribution in [0, 0.1) is 0 Å². The van der Waals surface area contributed by atoms with Crippen LogP contribution in [0.4, 0.5) is 0 Å². The van der Waals surface area contributed by atoms with Gasteiger partial charge in [0.1, 0.15) is 5.75 Å². The summed E-state index contributed by atoms with van der Waals surface area (Å²) in [5.41, 5.74) is 6.62. The fraction of sp³-hybridized carbons (Fsp3) is 0.533. The molecule has 2 rings (SSSR count). The van der Waals surface area contributed by atoms with Crippen LogP contribution in [0.5, 0.6) is 5.75 Å². The maximum atomic E-state index is 12.4. The maximum Gasteiger partial charge on any atom is 0.227 e. The van der Waals surface area contributed by atoms with Crippen molar-refractivity contribution in [2.45, 2.75) is 44.7 Å². The molecular weight excluding hydrogens is 240 g/mol. The number of hydrogen-bond donors (Lipinski definition) is 2. The standard InChI is InChI=1S/C15H22N2O2/c1-11-4-2-6-13(10-16)17(11)15(19)9-12-5-3-7-14(18)8-12/h3,5,7-8,11,13,18H,2,4,6,9-10,16H2,1H3. The zero-order chi connectivity index (χ0) is 13.8. The molecule has 2 atom stereocenters. The molecule has 0 spiro atoms. The van der Waals surface area contributed by atoms with Crippen LogP contribution < -0.4 is 5.73 Å². The second-order valence-corrected chi connectivity index (χ2v) is 5.32. The molecule has 1 heterocycles. The minimum Gasteiger partial charge on any atom is -0.508 e. The Morgan fingerprint density at radius 2 is 2.26 bits per heavy atom. The number of likely N-dealkylation sites (tertiary alicyclic amines) is 1. The number of aromatic hydroxyl groups is 1. The molecule has 0 bridgehead atoms. The lowest BCUT2D eigenvalue weighted by Gasteiger charge is -2.40. The van der Waals surface area contributed by atoms with Crippen molar-refractivity contribution in [3.63, 3.8) is 0 Å². The van der Waals surface area contributed by atoms with E-state index in [0.29, 0.717) is 13.0 Å². The first-order valence-corrected chi connectivity index (χ1v) is 6.91. The molecule has 19 heavy (non-hydrogen) atoms. The van der Waals surface area contributed by atoms with Crippen LogP contribution in [0.25, 0.3) is 0 Å². The summed E-state index contributed by atoms with van der Waals surface area (Å²) in [6.45, 7) is 2.61. The molecule has 0 aliphatic carbocycles. The van der Waals surface area contributed by atoms with Gasteiger partial charge in [-0.25, -0.2) is 0 Å². The average molecular weight is 262 g/mol. The molecule has 1 aromatic rings. The summed E-state index contributed by atoms with van der Waals surface area (Å²) >= 11 is 0. The van der Waals surface area contributed by atoms with Gasteiger partial charge in [0.15, 0.2) is 0 Å². The highest BCUT2D eigenvalue weighted by Gasteiger charge is 2.30. The zero-order valence-corrected chi connectivity index (χ0v) is 11.4. The third kappa shape index (κ3) is 3.26. The molecule has 1 aromatic carbocycles. The first kappa shape index (κ1) is 13.9. The smallest absolute Gasteiger partial charge is 0.227 e. The lowest BCUT2D eigenvalue weighted by atomic mass is 9.95. The van der Waals surface area contributed by atoms with E-state index in [1.807, 2.05) is 11.0 Å². The predicted molar refractivity (Wildman–Crippen MR) is 74.8 cm³/mol. The second kappa shape index (κ2) is 6.06. The normalized spacial score (nSPS) is 23.4. The molecule has 1 saturated heterocycles. The van der Waals surface area contributed by atoms with Gasteiger partial charge in [0.25, 0.3) is 0 Å². The highest BCUT2D eigenvalue weighted by molar-refractivity contribution is 5.79. The Morgan fingerprint density at radius 3 is 2.95 bits per heavy atom. The largest absolute Gasteiger partial charge is 0.508 e. The first-order chi connectivity index (χ1) is 9.11. The molecule has 1 aliphatic rings. The number of amides is 1. The Labute approximate surface area is 114 Å². The average Bonchev–Trinajstić information content (AvgIpc) is 2.38. The summed E-state index contributed by atoms with van der Waals surface area (Å²) in [6.07, 6.45) is 3.50. The van der Waals surface area contributed by atoms with Gasteiger partial charge < -0.3 is 15.7 Å². The Balaban J connectivity index is 2.09. The van der Waals surface area contributed by atoms with Crippen molar-refractivity contribution in [1.29, 1.82) is 0 Å². The number of phenols is 1. The number of phenolic OH excluding ortho intramolecular Hbond substituents is 1. The number of benzene rings is 1. The number of nitrogens with two attached hydrogens (primary N) is 1. The highest BCUT2D eigenvalue weighted by Crippen LogP contribution is 2.23. The Morgan fingerprint density at radius 1 is 1.47 bits per heavy atom. The number of carbonyl (C=O) groups excluding carboxylic acids is 1. The highest BCUT2D eigenvalue weighted by atomic mass is 16.3. The van der Waals surface area contributed by atoms with Crippen molar-refractivity contribution in [1.82, 2.24) is 4.90 Å². The van der Waals surface area contributed by atoms with Gasteiger partial charge in [0.2, 0.25) is 5.91 Å². The summed E-state index contributed by atoms with van der Waals surface area (Å²) in [6, 6.07) is 7.30. The zero-order valence-electron chi connectivity index (χ0n) is 11.4. The van der Waals surface area contributed by atoms with E-state index in [4.69, 9.17) is 5.73 Å². The summed E-state index contributed by atoms with van der Waals surface area (Å²) in [5.74, 6) is 0.306. The Bertz CT molecular complexity index is 448. The van der Waals surface area contributed by atoms with Gasteiger partial charge in [-0.2, -0.15) is 0 Å². The molecule has 104 valence electrons. The molecule has 0 saturated carbocycles. The lowest BCUT2D eigenvalue weighted by Crippen LogP contribution is -2.52. The van der Waals surface area contributed by atoms with Gasteiger partial charge in [0, 0.05) is 18.6 Å². The van der Waals surface area contributed by atoms with Crippen molar-refractivity contribution in [2.75, 3.05) is 6.54 Å². The first-order valence-electron chi connectivity index (χ1n) is 6.91. The molecular formula is C15H22N2O2. The number of hydrogen-bond acceptors (Lipinski definition) is 3. The van der Waals surface area contributed by atoms with Crippen LogP contribution in [0.3, 0.4) is 0 Å². The predicted octanol–water partition coefficient (Wildman–Crippen LogP) is 1.66. The van der Waals surface area contributed by atoms with Gasteiger partial charge in [0.05, 0.1) is 6.42 Å². The van der Waals surface area contributed by atoms with E-state index in [1.54, 1.807) is 18.2 Å². The van der Waals surface area contributed by atoms with E-state index in [9.17, 15) is 9.90 Å². The van der Waals surface area contributed by atoms with Gasteiger partial charge in [-0.05, 0) is 43.9 Å². The van der Waals surface area contributed by atoms with Crippen molar-refractivity contribution in [3.8, 4) is 5.75 Å². The molecule has 1 fully saturated rings. The summed E-state index contributed by atoms with van der Waals surface area (Å²) < 4.78 is 0. The van der Waals surface area contributed by atoms with Gasteiger partial charge in [-0.3, -0.25) is 4.79 Å². The van der Waals surface area contributed by atoms with Crippen LogP contribution >= 0.6 is 0 Å². The fourth-order valence-corrected chi connectivity index (χ4v) is 2.90. The molecule has 3 N–H and O–H groups in total. The van der Waals surface area contributed by atoms with E-state index in [0.717, 1.165) is 24.8 Å². The van der Waals surface area contributed by atoms with Crippen LogP contribution in [-0.2, 0) is 11.2 Å². The molecule has 4 heteroatoms. The molecule has 1 amide bonds. The minimum atomic E-state index is 0.105. The van der Waals surface area contributed by atoms with E-state index in [1.165, 1.54) is 0 Å². The van der Waals surface area contributed by atoms with Crippen molar-refractivity contribution in [2.24, 2.45) is 5.73 Å². The van der Waals surface area contributed by atoms with E-state index in [-0.39, 0.29) is 23.7 Å². The molecule has 4 nitrogen and oxygen atoms in total. The second-order valence-electron chi connectivity index (χ2n) is 5.32. The molecule has 0 aromatic heterocycles. The lowest BCUT2D eigenvalue weighted by molar-refractivity contribution is -0.136. The Hall–Kier alpha value is -1.55. The molecule has 0 radical (unpaired) electrons. The summed E-state index contributed by atoms with van der Waals surface area (Å²) in [7, 11) is 0. The fourth-order valence-electron chi connectivity index (χ4n) is 2.90. The molecule has 1 aliphatic heterocycles. The number of carbonyl (C=O) groups is 1. The number of nitrogens with zero attached hydrogens (tertiary/aromatic N) is 1. The van der Waals surface area contributed by atoms with Crippen molar-refractivity contribution in [3.05, 3.63) is 29.8 Å². The molecule has 2 unspecified atom stereocenters.